The second kappa shape index (κ2) is 6.49. The molecule has 1 heterocycles. The number of rotatable bonds is 4. The molecule has 24 heavy (non-hydrogen) atoms. The molecule has 132 valence electrons. The molecule has 0 spiro atoms. The summed E-state index contributed by atoms with van der Waals surface area (Å²) >= 11 is 6.10. The second-order valence-corrected chi connectivity index (χ2v) is 8.48. The summed E-state index contributed by atoms with van der Waals surface area (Å²) in [4.78, 5) is 2.49. The first-order valence-electron chi connectivity index (χ1n) is 9.33. The van der Waals surface area contributed by atoms with Crippen LogP contribution in [0.4, 0.5) is 4.39 Å². The van der Waals surface area contributed by atoms with Crippen LogP contribution >= 0.6 is 11.6 Å². The van der Waals surface area contributed by atoms with E-state index in [1.54, 1.807) is 25.3 Å². The molecule has 2 saturated carbocycles. The number of likely N-dealkylation sites (tertiary alicyclic amines) is 1. The minimum absolute atomic E-state index is 0.532. The molecular formula is C20H27ClFNO. The van der Waals surface area contributed by atoms with Gasteiger partial charge in [-0.25, -0.2) is 4.39 Å². The number of halogens is 2. The van der Waals surface area contributed by atoms with E-state index in [9.17, 15) is 0 Å². The number of benzene rings is 1. The van der Waals surface area contributed by atoms with Gasteiger partial charge >= 0.3 is 0 Å². The van der Waals surface area contributed by atoms with E-state index in [1.165, 1.54) is 32.2 Å². The van der Waals surface area contributed by atoms with Crippen molar-refractivity contribution in [1.82, 2.24) is 4.90 Å². The van der Waals surface area contributed by atoms with Gasteiger partial charge in [-0.15, -0.1) is 0 Å². The number of hydrogen-bond donors (Lipinski definition) is 0. The standard InChI is InChI=1S/C20H27ClFNO/c1-24-19-5-4-17(21)12-18(19)20(22)6-8-23(9-7-20)13-16-11-14-2-3-15(16)10-14/h4-5,12,14-16H,2-3,6-11,13H2,1H3. The average molecular weight is 352 g/mol. The van der Waals surface area contributed by atoms with Crippen molar-refractivity contribution in [3.63, 3.8) is 0 Å². The lowest BCUT2D eigenvalue weighted by Gasteiger charge is -2.39. The summed E-state index contributed by atoms with van der Waals surface area (Å²) in [6.07, 6.45) is 6.80. The minimum Gasteiger partial charge on any atom is -0.496 e. The van der Waals surface area contributed by atoms with Crippen LogP contribution in [0, 0.1) is 17.8 Å². The molecule has 2 bridgehead atoms. The molecule has 4 heteroatoms. The van der Waals surface area contributed by atoms with E-state index in [1.807, 2.05) is 0 Å². The third kappa shape index (κ3) is 3.06. The van der Waals surface area contributed by atoms with Gasteiger partial charge in [0.25, 0.3) is 0 Å². The first-order chi connectivity index (χ1) is 11.6. The molecule has 1 aromatic rings. The number of fused-ring (bicyclic) bond motifs is 2. The number of nitrogens with zero attached hydrogens (tertiary/aromatic N) is 1. The SMILES string of the molecule is COc1ccc(Cl)cc1C1(F)CCN(CC2CC3CCC2C3)CC1. The van der Waals surface area contributed by atoms with E-state index >= 15 is 4.39 Å². The molecule has 3 fully saturated rings. The van der Waals surface area contributed by atoms with Crippen LogP contribution in [0.1, 0.15) is 44.1 Å². The highest BCUT2D eigenvalue weighted by Crippen LogP contribution is 2.49. The van der Waals surface area contributed by atoms with Crippen molar-refractivity contribution in [2.45, 2.75) is 44.2 Å². The Morgan fingerprint density at radius 1 is 1.25 bits per heavy atom. The molecule has 1 aromatic carbocycles. The molecule has 0 amide bonds. The number of piperidine rings is 1. The van der Waals surface area contributed by atoms with Gasteiger partial charge < -0.3 is 9.64 Å². The molecule has 1 aliphatic heterocycles. The predicted molar refractivity (Wildman–Crippen MR) is 95.4 cm³/mol. The van der Waals surface area contributed by atoms with Gasteiger partial charge in [0.15, 0.2) is 0 Å². The number of ether oxygens (including phenoxy) is 1. The summed E-state index contributed by atoms with van der Waals surface area (Å²) in [7, 11) is 1.60. The third-order valence-electron chi connectivity index (χ3n) is 6.67. The van der Waals surface area contributed by atoms with Gasteiger partial charge in [0, 0.05) is 30.2 Å². The van der Waals surface area contributed by atoms with Crippen molar-refractivity contribution in [3.05, 3.63) is 28.8 Å². The lowest BCUT2D eigenvalue weighted by atomic mass is 9.84. The predicted octanol–water partition coefficient (Wildman–Crippen LogP) is 5.05. The lowest BCUT2D eigenvalue weighted by molar-refractivity contribution is 0.0424. The Kier molecular flexibility index (Phi) is 4.51. The molecule has 3 aliphatic rings. The summed E-state index contributed by atoms with van der Waals surface area (Å²) in [5, 5.41) is 0.576. The largest absolute Gasteiger partial charge is 0.496 e. The Hall–Kier alpha value is -0.800. The lowest BCUT2D eigenvalue weighted by Crippen LogP contribution is -2.43. The van der Waals surface area contributed by atoms with E-state index in [2.05, 4.69) is 4.90 Å². The van der Waals surface area contributed by atoms with Crippen LogP contribution in [-0.4, -0.2) is 31.6 Å². The maximum absolute atomic E-state index is 15.6. The van der Waals surface area contributed by atoms with Crippen LogP contribution in [0.3, 0.4) is 0 Å². The second-order valence-electron chi connectivity index (χ2n) is 8.05. The Bertz CT molecular complexity index is 599. The molecule has 1 saturated heterocycles. The number of methoxy groups -OCH3 is 1. The average Bonchev–Trinajstić information content (AvgIpc) is 3.20. The zero-order valence-corrected chi connectivity index (χ0v) is 15.2. The number of alkyl halides is 1. The zero-order chi connectivity index (χ0) is 16.7. The van der Waals surface area contributed by atoms with Crippen LogP contribution in [0.25, 0.3) is 0 Å². The quantitative estimate of drug-likeness (QED) is 0.753. The normalized spacial score (nSPS) is 32.2. The van der Waals surface area contributed by atoms with Gasteiger partial charge in [0.2, 0.25) is 0 Å². The van der Waals surface area contributed by atoms with Gasteiger partial charge in [-0.1, -0.05) is 18.0 Å². The Morgan fingerprint density at radius 3 is 2.67 bits per heavy atom. The summed E-state index contributed by atoms with van der Waals surface area (Å²) < 4.78 is 21.0. The first kappa shape index (κ1) is 16.7. The van der Waals surface area contributed by atoms with E-state index in [-0.39, 0.29) is 0 Å². The summed E-state index contributed by atoms with van der Waals surface area (Å²) in [6.45, 7) is 2.84. The monoisotopic (exact) mass is 351 g/mol. The zero-order valence-electron chi connectivity index (χ0n) is 14.4. The van der Waals surface area contributed by atoms with Crippen LogP contribution < -0.4 is 4.74 Å². The van der Waals surface area contributed by atoms with Crippen molar-refractivity contribution < 1.29 is 9.13 Å². The summed E-state index contributed by atoms with van der Waals surface area (Å²) in [6, 6.07) is 5.28. The Balaban J connectivity index is 1.41. The highest BCUT2D eigenvalue weighted by atomic mass is 35.5. The Labute approximate surface area is 149 Å². The van der Waals surface area contributed by atoms with Gasteiger partial charge in [0.05, 0.1) is 7.11 Å². The first-order valence-corrected chi connectivity index (χ1v) is 9.70. The number of hydrogen-bond acceptors (Lipinski definition) is 2. The fourth-order valence-electron chi connectivity index (χ4n) is 5.32. The Morgan fingerprint density at radius 2 is 2.04 bits per heavy atom. The van der Waals surface area contributed by atoms with Gasteiger partial charge in [-0.3, -0.25) is 0 Å². The highest BCUT2D eigenvalue weighted by molar-refractivity contribution is 6.30. The third-order valence-corrected chi connectivity index (χ3v) is 6.91. The molecule has 3 unspecified atom stereocenters. The van der Waals surface area contributed by atoms with Crippen molar-refractivity contribution in [3.8, 4) is 5.75 Å². The summed E-state index contributed by atoms with van der Waals surface area (Å²) in [5.41, 5.74) is -0.696. The van der Waals surface area contributed by atoms with E-state index in [0.29, 0.717) is 29.2 Å². The smallest absolute Gasteiger partial charge is 0.142 e. The maximum Gasteiger partial charge on any atom is 0.142 e. The molecule has 3 atom stereocenters. The fourth-order valence-corrected chi connectivity index (χ4v) is 5.49. The van der Waals surface area contributed by atoms with Crippen LogP contribution in [-0.2, 0) is 5.67 Å². The molecule has 4 rings (SSSR count). The minimum atomic E-state index is -1.32. The van der Waals surface area contributed by atoms with Crippen LogP contribution in [0.15, 0.2) is 18.2 Å². The fraction of sp³-hybridized carbons (Fsp3) is 0.700. The van der Waals surface area contributed by atoms with Gasteiger partial charge in [-0.05, 0) is 68.1 Å². The van der Waals surface area contributed by atoms with Gasteiger partial charge in [0.1, 0.15) is 11.4 Å². The summed E-state index contributed by atoms with van der Waals surface area (Å²) in [5.74, 6) is 3.40. The van der Waals surface area contributed by atoms with Crippen molar-refractivity contribution in [2.75, 3.05) is 26.7 Å². The van der Waals surface area contributed by atoms with E-state index in [4.69, 9.17) is 16.3 Å². The van der Waals surface area contributed by atoms with Crippen molar-refractivity contribution in [1.29, 1.82) is 0 Å². The molecular weight excluding hydrogens is 325 g/mol. The molecule has 2 aliphatic carbocycles. The maximum atomic E-state index is 15.6. The molecule has 0 N–H and O–H groups in total. The van der Waals surface area contributed by atoms with Crippen molar-refractivity contribution >= 4 is 11.6 Å². The highest BCUT2D eigenvalue weighted by Gasteiger charge is 2.42. The van der Waals surface area contributed by atoms with Crippen LogP contribution in [0.2, 0.25) is 5.02 Å². The topological polar surface area (TPSA) is 12.5 Å². The van der Waals surface area contributed by atoms with Gasteiger partial charge in [-0.2, -0.15) is 0 Å². The molecule has 0 aromatic heterocycles. The van der Waals surface area contributed by atoms with Crippen molar-refractivity contribution in [2.24, 2.45) is 17.8 Å². The molecule has 0 radical (unpaired) electrons. The van der Waals surface area contributed by atoms with E-state index in [0.717, 1.165) is 30.8 Å². The molecule has 2 nitrogen and oxygen atoms in total. The van der Waals surface area contributed by atoms with Crippen LogP contribution in [0.5, 0.6) is 5.75 Å². The van der Waals surface area contributed by atoms with E-state index < -0.39 is 5.67 Å².